The quantitative estimate of drug-likeness (QED) is 0.749. The first-order valence-corrected chi connectivity index (χ1v) is 7.79. The molecule has 2 aromatic heterocycles. The van der Waals surface area contributed by atoms with E-state index in [0.29, 0.717) is 0 Å². The van der Waals surface area contributed by atoms with Crippen LogP contribution in [0.15, 0.2) is 55.1 Å². The number of aliphatic hydroxyl groups is 1. The lowest BCUT2D eigenvalue weighted by Gasteiger charge is -2.35. The zero-order chi connectivity index (χ0) is 14.7. The maximum Gasteiger partial charge on any atom is 0.0991 e. The Kier molecular flexibility index (Phi) is 2.41. The lowest BCUT2D eigenvalue weighted by Crippen LogP contribution is -2.30. The predicted molar refractivity (Wildman–Crippen MR) is 83.3 cm³/mol. The predicted octanol–water partition coefficient (Wildman–Crippen LogP) is 3.01. The third kappa shape index (κ3) is 1.48. The highest BCUT2D eigenvalue weighted by molar-refractivity contribution is 5.69. The van der Waals surface area contributed by atoms with Gasteiger partial charge in [0.05, 0.1) is 30.4 Å². The van der Waals surface area contributed by atoms with Gasteiger partial charge in [0.2, 0.25) is 0 Å². The van der Waals surface area contributed by atoms with Crippen molar-refractivity contribution in [2.45, 2.75) is 25.1 Å². The first kappa shape index (κ1) is 12.2. The van der Waals surface area contributed by atoms with Crippen molar-refractivity contribution in [1.29, 1.82) is 0 Å². The van der Waals surface area contributed by atoms with Crippen LogP contribution in [0.1, 0.15) is 29.8 Å². The van der Waals surface area contributed by atoms with Crippen LogP contribution in [-0.4, -0.2) is 19.2 Å². The van der Waals surface area contributed by atoms with Crippen molar-refractivity contribution in [3.63, 3.8) is 0 Å². The molecule has 110 valence electrons. The molecule has 0 amide bonds. The molecule has 2 aliphatic rings. The number of fused-ring (bicyclic) bond motifs is 4. The van der Waals surface area contributed by atoms with Gasteiger partial charge in [0.1, 0.15) is 0 Å². The third-order valence-corrected chi connectivity index (χ3v) is 5.20. The van der Waals surface area contributed by atoms with E-state index in [0.717, 1.165) is 24.4 Å². The molecule has 0 spiro atoms. The van der Waals surface area contributed by atoms with Crippen molar-refractivity contribution in [3.05, 3.63) is 66.4 Å². The number of aryl methyl sites for hydroxylation is 1. The van der Waals surface area contributed by atoms with Gasteiger partial charge in [-0.05, 0) is 24.1 Å². The first-order chi connectivity index (χ1) is 10.8. The van der Waals surface area contributed by atoms with Crippen molar-refractivity contribution in [2.24, 2.45) is 5.92 Å². The highest BCUT2D eigenvalue weighted by Gasteiger charge is 2.40. The van der Waals surface area contributed by atoms with Gasteiger partial charge in [0.15, 0.2) is 0 Å². The molecule has 2 unspecified atom stereocenters. The second-order valence-electron chi connectivity index (χ2n) is 6.24. The monoisotopic (exact) mass is 291 g/mol. The fourth-order valence-electron chi connectivity index (χ4n) is 4.21. The molecular formula is C18H17N3O. The summed E-state index contributed by atoms with van der Waals surface area (Å²) in [5, 5.41) is 10.9. The zero-order valence-corrected chi connectivity index (χ0v) is 12.1. The first-order valence-electron chi connectivity index (χ1n) is 7.79. The summed E-state index contributed by atoms with van der Waals surface area (Å²) >= 11 is 0. The number of hydrogen-bond donors (Lipinski definition) is 1. The van der Waals surface area contributed by atoms with Crippen LogP contribution in [0.25, 0.3) is 11.3 Å². The highest BCUT2D eigenvalue weighted by atomic mass is 16.3. The van der Waals surface area contributed by atoms with Gasteiger partial charge in [-0.2, -0.15) is 0 Å². The molecule has 0 aliphatic carbocycles. The standard InChI is InChI=1S/C18H17N3O/c22-18-14(7-9-20-8-3-6-15(18)20)17-13-5-2-1-4-12(13)16-10-19-11-21(16)17/h1-6,8,10-11,14,17-18,22H,7,9H2/t14?,17-,18?/m1/s1. The van der Waals surface area contributed by atoms with E-state index >= 15 is 0 Å². The largest absolute Gasteiger partial charge is 0.386 e. The molecule has 5 rings (SSSR count). The summed E-state index contributed by atoms with van der Waals surface area (Å²) < 4.78 is 4.40. The average molecular weight is 291 g/mol. The Labute approximate surface area is 128 Å². The number of rotatable bonds is 1. The number of aromatic nitrogens is 3. The topological polar surface area (TPSA) is 43.0 Å². The normalized spacial score (nSPS) is 25.6. The fourth-order valence-corrected chi connectivity index (χ4v) is 4.21. The summed E-state index contributed by atoms with van der Waals surface area (Å²) in [6.45, 7) is 0.965. The molecule has 1 aromatic carbocycles. The molecule has 0 saturated heterocycles. The van der Waals surface area contributed by atoms with Crippen LogP contribution in [0, 0.1) is 5.92 Å². The zero-order valence-electron chi connectivity index (χ0n) is 12.1. The van der Waals surface area contributed by atoms with Crippen LogP contribution >= 0.6 is 0 Å². The lowest BCUT2D eigenvalue weighted by atomic mass is 9.83. The summed E-state index contributed by atoms with van der Waals surface area (Å²) in [5.74, 6) is 0.180. The molecule has 0 saturated carbocycles. The van der Waals surface area contributed by atoms with E-state index in [4.69, 9.17) is 0 Å². The Balaban J connectivity index is 1.65. The van der Waals surface area contributed by atoms with Gasteiger partial charge in [-0.3, -0.25) is 0 Å². The number of imidazole rings is 1. The van der Waals surface area contributed by atoms with Gasteiger partial charge < -0.3 is 14.2 Å². The molecule has 0 bridgehead atoms. The van der Waals surface area contributed by atoms with E-state index in [9.17, 15) is 5.11 Å². The molecule has 4 heteroatoms. The van der Waals surface area contributed by atoms with E-state index in [2.05, 4.69) is 44.6 Å². The minimum absolute atomic E-state index is 0.173. The maximum absolute atomic E-state index is 10.9. The smallest absolute Gasteiger partial charge is 0.0991 e. The maximum atomic E-state index is 10.9. The van der Waals surface area contributed by atoms with Crippen LogP contribution in [0.5, 0.6) is 0 Å². The van der Waals surface area contributed by atoms with Gasteiger partial charge in [0.25, 0.3) is 0 Å². The average Bonchev–Trinajstić information content (AvgIpc) is 3.23. The number of aliphatic hydroxyl groups excluding tert-OH is 1. The van der Waals surface area contributed by atoms with Gasteiger partial charge in [-0.15, -0.1) is 0 Å². The third-order valence-electron chi connectivity index (χ3n) is 5.20. The molecule has 0 radical (unpaired) electrons. The molecule has 4 nitrogen and oxygen atoms in total. The number of hydrogen-bond acceptors (Lipinski definition) is 2. The van der Waals surface area contributed by atoms with Crippen LogP contribution in [0.2, 0.25) is 0 Å². The summed E-state index contributed by atoms with van der Waals surface area (Å²) in [6.07, 6.45) is 6.42. The van der Waals surface area contributed by atoms with E-state index in [1.165, 1.54) is 11.1 Å². The van der Waals surface area contributed by atoms with Crippen LogP contribution in [0.4, 0.5) is 0 Å². The van der Waals surface area contributed by atoms with Crippen LogP contribution in [0.3, 0.4) is 0 Å². The van der Waals surface area contributed by atoms with E-state index < -0.39 is 6.10 Å². The van der Waals surface area contributed by atoms with Crippen LogP contribution < -0.4 is 0 Å². The van der Waals surface area contributed by atoms with Crippen molar-refractivity contribution >= 4 is 0 Å². The molecule has 4 heterocycles. The highest BCUT2D eigenvalue weighted by Crippen LogP contribution is 2.48. The van der Waals surface area contributed by atoms with Gasteiger partial charge in [-0.25, -0.2) is 4.98 Å². The second kappa shape index (κ2) is 4.34. The Morgan fingerprint density at radius 1 is 1.14 bits per heavy atom. The van der Waals surface area contributed by atoms with Crippen molar-refractivity contribution < 1.29 is 5.11 Å². The van der Waals surface area contributed by atoms with Gasteiger partial charge in [0, 0.05) is 29.9 Å². The fraction of sp³-hybridized carbons (Fsp3) is 0.278. The van der Waals surface area contributed by atoms with Gasteiger partial charge in [-0.1, -0.05) is 24.3 Å². The minimum atomic E-state index is -0.435. The molecular weight excluding hydrogens is 274 g/mol. The summed E-state index contributed by atoms with van der Waals surface area (Å²) in [5.41, 5.74) is 4.75. The molecule has 2 aliphatic heterocycles. The molecule has 1 N–H and O–H groups in total. The van der Waals surface area contributed by atoms with E-state index in [-0.39, 0.29) is 12.0 Å². The van der Waals surface area contributed by atoms with Crippen molar-refractivity contribution in [3.8, 4) is 11.3 Å². The minimum Gasteiger partial charge on any atom is -0.386 e. The van der Waals surface area contributed by atoms with Crippen molar-refractivity contribution in [1.82, 2.24) is 14.1 Å². The molecule has 0 fully saturated rings. The summed E-state index contributed by atoms with van der Waals surface area (Å²) in [6, 6.07) is 12.7. The summed E-state index contributed by atoms with van der Waals surface area (Å²) in [4.78, 5) is 4.32. The second-order valence-corrected chi connectivity index (χ2v) is 6.24. The lowest BCUT2D eigenvalue weighted by molar-refractivity contribution is 0.0556. The Hall–Kier alpha value is -2.33. The number of benzene rings is 1. The summed E-state index contributed by atoms with van der Waals surface area (Å²) in [7, 11) is 0. The van der Waals surface area contributed by atoms with E-state index in [1.807, 2.05) is 24.7 Å². The molecule has 22 heavy (non-hydrogen) atoms. The van der Waals surface area contributed by atoms with Crippen LogP contribution in [-0.2, 0) is 6.54 Å². The molecule has 3 aromatic rings. The SMILES string of the molecule is OC1c2cccn2CCC1[C@H]1c2ccccc2-c2cncn21. The van der Waals surface area contributed by atoms with Gasteiger partial charge >= 0.3 is 0 Å². The van der Waals surface area contributed by atoms with Crippen molar-refractivity contribution in [2.75, 3.05) is 0 Å². The Morgan fingerprint density at radius 3 is 3.00 bits per heavy atom. The Morgan fingerprint density at radius 2 is 2.05 bits per heavy atom. The molecule has 3 atom stereocenters. The number of nitrogens with zero attached hydrogens (tertiary/aromatic N) is 3. The van der Waals surface area contributed by atoms with E-state index in [1.54, 1.807) is 0 Å². The Bertz CT molecular complexity index is 847.